The molecule has 0 heterocycles. The first-order valence-electron chi connectivity index (χ1n) is 5.87. The molecule has 1 nitrogen and oxygen atoms in total. The van der Waals surface area contributed by atoms with Gasteiger partial charge < -0.3 is 4.79 Å². The average Bonchev–Trinajstić information content (AvgIpc) is 2.39. The largest absolute Gasteiger partial charge is 0.303 e. The topological polar surface area (TPSA) is 17.1 Å². The second-order valence-corrected chi connectivity index (χ2v) is 6.36. The van der Waals surface area contributed by atoms with Crippen LogP contribution >= 0.6 is 0 Å². The number of rotatable bonds is 1. The molecule has 2 aliphatic rings. The van der Waals surface area contributed by atoms with Gasteiger partial charge in [-0.15, -0.1) is 0 Å². The van der Waals surface area contributed by atoms with E-state index in [9.17, 15) is 4.79 Å². The molecule has 3 atom stereocenters. The first kappa shape index (κ1) is 10.9. The van der Waals surface area contributed by atoms with Crippen molar-refractivity contribution in [3.05, 3.63) is 11.1 Å². The van der Waals surface area contributed by atoms with Gasteiger partial charge in [-0.05, 0) is 31.1 Å². The Balaban J connectivity index is 2.70. The van der Waals surface area contributed by atoms with Crippen LogP contribution in [-0.2, 0) is 4.79 Å². The first-order chi connectivity index (χ1) is 6.73. The minimum atomic E-state index is 0.0770. The van der Waals surface area contributed by atoms with E-state index in [4.69, 9.17) is 0 Å². The summed E-state index contributed by atoms with van der Waals surface area (Å²) in [5, 5.41) is 0. The number of hydrogen-bond acceptors (Lipinski definition) is 1. The highest BCUT2D eigenvalue weighted by molar-refractivity contribution is 5.62. The van der Waals surface area contributed by atoms with Crippen LogP contribution in [0, 0.1) is 22.2 Å². The lowest BCUT2D eigenvalue weighted by atomic mass is 9.62. The Morgan fingerprint density at radius 2 is 1.67 bits per heavy atom. The summed E-state index contributed by atoms with van der Waals surface area (Å²) in [6.45, 7) is 13.7. The lowest BCUT2D eigenvalue weighted by Crippen LogP contribution is -2.37. The average molecular weight is 206 g/mol. The van der Waals surface area contributed by atoms with Crippen LogP contribution in [0.1, 0.15) is 48.0 Å². The van der Waals surface area contributed by atoms with Gasteiger partial charge in [-0.25, -0.2) is 0 Å². The van der Waals surface area contributed by atoms with Gasteiger partial charge in [0.25, 0.3) is 0 Å². The van der Waals surface area contributed by atoms with Gasteiger partial charge >= 0.3 is 0 Å². The summed E-state index contributed by atoms with van der Waals surface area (Å²) in [5.41, 5.74) is 3.48. The van der Waals surface area contributed by atoms with Crippen molar-refractivity contribution < 1.29 is 4.79 Å². The van der Waals surface area contributed by atoms with Gasteiger partial charge in [0, 0.05) is 11.3 Å². The van der Waals surface area contributed by atoms with E-state index in [2.05, 4.69) is 41.5 Å². The van der Waals surface area contributed by atoms with Crippen LogP contribution < -0.4 is 0 Å². The number of carbonyl (C=O) groups is 1. The zero-order valence-electron chi connectivity index (χ0n) is 10.8. The normalized spacial score (nSPS) is 47.5. The summed E-state index contributed by atoms with van der Waals surface area (Å²) in [6.07, 6.45) is 2.21. The van der Waals surface area contributed by atoms with E-state index in [1.807, 2.05) is 0 Å². The Hall–Kier alpha value is -0.590. The van der Waals surface area contributed by atoms with Crippen LogP contribution in [0.2, 0.25) is 0 Å². The standard InChI is InChI=1S/C14H22O/c1-9-10(2)14(6)11(8-15)7-13(9,5)12(14,3)4/h8,11H,7H2,1-6H3/t11?,13-,14-/m0/s1. The zero-order chi connectivity index (χ0) is 11.6. The van der Waals surface area contributed by atoms with E-state index in [-0.39, 0.29) is 22.2 Å². The smallest absolute Gasteiger partial charge is 0.123 e. The molecule has 0 amide bonds. The number of allylic oxidation sites excluding steroid dienone is 2. The summed E-state index contributed by atoms with van der Waals surface area (Å²) in [5.74, 6) is 0.209. The van der Waals surface area contributed by atoms with Crippen LogP contribution in [0.15, 0.2) is 11.1 Å². The lowest BCUT2D eigenvalue weighted by Gasteiger charge is -2.41. The van der Waals surface area contributed by atoms with Gasteiger partial charge in [-0.1, -0.05) is 38.8 Å². The van der Waals surface area contributed by atoms with Crippen molar-refractivity contribution >= 4 is 6.29 Å². The van der Waals surface area contributed by atoms with Crippen molar-refractivity contribution in [1.29, 1.82) is 0 Å². The van der Waals surface area contributed by atoms with Gasteiger partial charge in [-0.3, -0.25) is 0 Å². The molecule has 0 aromatic carbocycles. The highest BCUT2D eigenvalue weighted by Gasteiger charge is 2.68. The van der Waals surface area contributed by atoms with Gasteiger partial charge in [-0.2, -0.15) is 0 Å². The summed E-state index contributed by atoms with van der Waals surface area (Å²) in [7, 11) is 0. The van der Waals surface area contributed by atoms with Gasteiger partial charge in [0.05, 0.1) is 0 Å². The second-order valence-electron chi connectivity index (χ2n) is 6.36. The Kier molecular flexibility index (Phi) is 1.86. The van der Waals surface area contributed by atoms with Crippen molar-refractivity contribution in [3.63, 3.8) is 0 Å². The molecule has 1 fully saturated rings. The molecular weight excluding hydrogens is 184 g/mol. The maximum atomic E-state index is 11.3. The van der Waals surface area contributed by atoms with E-state index in [0.717, 1.165) is 6.42 Å². The molecule has 0 spiro atoms. The summed E-state index contributed by atoms with van der Waals surface area (Å²) in [6, 6.07) is 0. The maximum absolute atomic E-state index is 11.3. The van der Waals surface area contributed by atoms with E-state index in [1.165, 1.54) is 17.4 Å². The molecule has 0 radical (unpaired) electrons. The summed E-state index contributed by atoms with van der Waals surface area (Å²) < 4.78 is 0. The molecule has 0 saturated heterocycles. The Bertz CT molecular complexity index is 364. The van der Waals surface area contributed by atoms with E-state index in [1.54, 1.807) is 0 Å². The first-order valence-corrected chi connectivity index (χ1v) is 5.87. The third kappa shape index (κ3) is 0.811. The van der Waals surface area contributed by atoms with E-state index >= 15 is 0 Å². The Morgan fingerprint density at radius 3 is 2.00 bits per heavy atom. The van der Waals surface area contributed by atoms with Crippen LogP contribution in [0.25, 0.3) is 0 Å². The summed E-state index contributed by atoms with van der Waals surface area (Å²) >= 11 is 0. The quantitative estimate of drug-likeness (QED) is 0.473. The van der Waals surface area contributed by atoms with Crippen molar-refractivity contribution in [2.24, 2.45) is 22.2 Å². The van der Waals surface area contributed by atoms with Crippen LogP contribution in [0.4, 0.5) is 0 Å². The molecule has 2 bridgehead atoms. The fourth-order valence-corrected chi connectivity index (χ4v) is 4.29. The number of aldehydes is 1. The third-order valence-electron chi connectivity index (χ3n) is 6.38. The predicted molar refractivity (Wildman–Crippen MR) is 62.5 cm³/mol. The molecule has 0 aliphatic heterocycles. The van der Waals surface area contributed by atoms with Gasteiger partial charge in [0.1, 0.15) is 6.29 Å². The van der Waals surface area contributed by atoms with Gasteiger partial charge in [0.2, 0.25) is 0 Å². The third-order valence-corrected chi connectivity index (χ3v) is 6.38. The minimum absolute atomic E-state index is 0.0770. The number of hydrogen-bond donors (Lipinski definition) is 0. The van der Waals surface area contributed by atoms with Gasteiger partial charge in [0.15, 0.2) is 0 Å². The van der Waals surface area contributed by atoms with Crippen molar-refractivity contribution in [2.45, 2.75) is 48.0 Å². The molecule has 1 saturated carbocycles. The van der Waals surface area contributed by atoms with E-state index < -0.39 is 0 Å². The van der Waals surface area contributed by atoms with Crippen LogP contribution in [0.5, 0.6) is 0 Å². The molecule has 1 unspecified atom stereocenters. The van der Waals surface area contributed by atoms with Crippen molar-refractivity contribution in [2.75, 3.05) is 0 Å². The molecule has 0 N–H and O–H groups in total. The monoisotopic (exact) mass is 206 g/mol. The molecule has 84 valence electrons. The fraction of sp³-hybridized carbons (Fsp3) is 0.786. The molecule has 0 aromatic rings. The predicted octanol–water partition coefficient (Wildman–Crippen LogP) is 3.59. The summed E-state index contributed by atoms with van der Waals surface area (Å²) in [4.78, 5) is 11.3. The molecule has 1 heteroatoms. The molecule has 2 rings (SSSR count). The Labute approximate surface area is 92.9 Å². The Morgan fingerprint density at radius 1 is 1.13 bits per heavy atom. The maximum Gasteiger partial charge on any atom is 0.123 e. The van der Waals surface area contributed by atoms with E-state index in [0.29, 0.717) is 0 Å². The number of carbonyl (C=O) groups excluding carboxylic acids is 1. The zero-order valence-corrected chi connectivity index (χ0v) is 10.8. The lowest BCUT2D eigenvalue weighted by molar-refractivity contribution is -0.114. The van der Waals surface area contributed by atoms with Crippen molar-refractivity contribution in [3.8, 4) is 0 Å². The number of fused-ring (bicyclic) bond motifs is 2. The highest BCUT2D eigenvalue weighted by Crippen LogP contribution is 2.75. The highest BCUT2D eigenvalue weighted by atomic mass is 16.1. The second kappa shape index (κ2) is 2.56. The molecule has 15 heavy (non-hydrogen) atoms. The van der Waals surface area contributed by atoms with Crippen LogP contribution in [-0.4, -0.2) is 6.29 Å². The molecule has 0 aromatic heterocycles. The SMILES string of the molecule is CC1=C(C)[C@@]2(C)C(C=O)C[C@]1(C)C2(C)C. The fourth-order valence-electron chi connectivity index (χ4n) is 4.29. The molecule has 2 aliphatic carbocycles. The van der Waals surface area contributed by atoms with Crippen LogP contribution in [0.3, 0.4) is 0 Å². The molecular formula is C14H22O. The van der Waals surface area contributed by atoms with Crippen molar-refractivity contribution in [1.82, 2.24) is 0 Å². The minimum Gasteiger partial charge on any atom is -0.303 e.